The van der Waals surface area contributed by atoms with E-state index >= 15 is 0 Å². The van der Waals surface area contributed by atoms with Gasteiger partial charge in [-0.3, -0.25) is 5.10 Å². The summed E-state index contributed by atoms with van der Waals surface area (Å²) in [6.07, 6.45) is 7.79. The smallest absolute Gasteiger partial charge is 0.224 e. The highest BCUT2D eigenvalue weighted by molar-refractivity contribution is 5.66. The van der Waals surface area contributed by atoms with Gasteiger partial charge in [-0.05, 0) is 38.0 Å². The molecular weight excluding hydrogens is 345 g/mol. The van der Waals surface area contributed by atoms with Gasteiger partial charge in [-0.25, -0.2) is 14.4 Å². The number of allylic oxidation sites excluding steroid dienone is 2. The van der Waals surface area contributed by atoms with Crippen LogP contribution in [-0.2, 0) is 6.42 Å². The molecule has 2 heterocycles. The molecule has 1 aliphatic rings. The van der Waals surface area contributed by atoms with Crippen molar-refractivity contribution < 1.29 is 9.13 Å². The molecule has 0 unspecified atom stereocenters. The van der Waals surface area contributed by atoms with Crippen molar-refractivity contribution in [1.29, 1.82) is 0 Å². The molecule has 2 aromatic heterocycles. The SMILES string of the molecule is C/C=C/c1cc(Nc2cc(Oc3ccc4c(c3F)C=C(C)C4)ncn2)n[nH]1. The highest BCUT2D eigenvalue weighted by Crippen LogP contribution is 2.34. The first-order valence-electron chi connectivity index (χ1n) is 8.56. The fourth-order valence-corrected chi connectivity index (χ4v) is 2.97. The van der Waals surface area contributed by atoms with Crippen LogP contribution in [0.15, 0.2) is 42.2 Å². The number of hydrogen-bond acceptors (Lipinski definition) is 5. The summed E-state index contributed by atoms with van der Waals surface area (Å²) in [4.78, 5) is 8.21. The Bertz CT molecular complexity index is 1050. The lowest BCUT2D eigenvalue weighted by molar-refractivity contribution is 0.426. The minimum absolute atomic E-state index is 0.138. The van der Waals surface area contributed by atoms with E-state index < -0.39 is 0 Å². The van der Waals surface area contributed by atoms with Crippen molar-refractivity contribution in [2.45, 2.75) is 20.3 Å². The monoisotopic (exact) mass is 363 g/mol. The number of hydrogen-bond donors (Lipinski definition) is 2. The Morgan fingerprint density at radius 3 is 2.96 bits per heavy atom. The van der Waals surface area contributed by atoms with Crippen molar-refractivity contribution in [1.82, 2.24) is 20.2 Å². The molecule has 0 aliphatic heterocycles. The molecular formula is C20H18FN5O. The predicted octanol–water partition coefficient (Wildman–Crippen LogP) is 4.87. The van der Waals surface area contributed by atoms with Crippen LogP contribution in [0.3, 0.4) is 0 Å². The Labute approximate surface area is 155 Å². The maximum Gasteiger partial charge on any atom is 0.224 e. The van der Waals surface area contributed by atoms with Gasteiger partial charge in [0.1, 0.15) is 12.1 Å². The first kappa shape index (κ1) is 17.0. The molecule has 0 saturated carbocycles. The molecule has 3 aromatic rings. The van der Waals surface area contributed by atoms with Gasteiger partial charge in [-0.15, -0.1) is 0 Å². The van der Waals surface area contributed by atoms with Crippen molar-refractivity contribution in [3.8, 4) is 11.6 Å². The van der Waals surface area contributed by atoms with Gasteiger partial charge in [0.15, 0.2) is 17.4 Å². The zero-order valence-corrected chi connectivity index (χ0v) is 15.0. The fraction of sp³-hybridized carbons (Fsp3) is 0.150. The van der Waals surface area contributed by atoms with Gasteiger partial charge in [-0.1, -0.05) is 23.8 Å². The Morgan fingerprint density at radius 2 is 2.11 bits per heavy atom. The van der Waals surface area contributed by atoms with Crippen LogP contribution in [0, 0.1) is 5.82 Å². The van der Waals surface area contributed by atoms with Crippen LogP contribution in [0.1, 0.15) is 30.7 Å². The number of ether oxygens (including phenoxy) is 1. The summed E-state index contributed by atoms with van der Waals surface area (Å²) >= 11 is 0. The summed E-state index contributed by atoms with van der Waals surface area (Å²) in [5, 5.41) is 10.1. The molecule has 0 amide bonds. The molecule has 27 heavy (non-hydrogen) atoms. The lowest BCUT2D eigenvalue weighted by Gasteiger charge is -2.09. The number of halogens is 1. The van der Waals surface area contributed by atoms with E-state index in [9.17, 15) is 4.39 Å². The number of nitrogens with zero attached hydrogens (tertiary/aromatic N) is 3. The Balaban J connectivity index is 1.54. The molecule has 0 saturated heterocycles. The first-order valence-corrected chi connectivity index (χ1v) is 8.56. The summed E-state index contributed by atoms with van der Waals surface area (Å²) < 4.78 is 20.4. The van der Waals surface area contributed by atoms with Gasteiger partial charge in [0, 0.05) is 17.7 Å². The fourth-order valence-electron chi connectivity index (χ4n) is 2.97. The molecule has 7 heteroatoms. The van der Waals surface area contributed by atoms with E-state index in [1.807, 2.05) is 44.2 Å². The molecule has 0 bridgehead atoms. The summed E-state index contributed by atoms with van der Waals surface area (Å²) in [6, 6.07) is 6.95. The summed E-state index contributed by atoms with van der Waals surface area (Å²) in [5.74, 6) is 1.11. The quantitative estimate of drug-likeness (QED) is 0.676. The van der Waals surface area contributed by atoms with Crippen LogP contribution in [0.4, 0.5) is 16.0 Å². The molecule has 1 aromatic carbocycles. The number of aromatic nitrogens is 4. The topological polar surface area (TPSA) is 75.7 Å². The van der Waals surface area contributed by atoms with E-state index in [2.05, 4.69) is 25.5 Å². The number of anilines is 2. The highest BCUT2D eigenvalue weighted by Gasteiger charge is 2.18. The largest absolute Gasteiger partial charge is 0.436 e. The maximum absolute atomic E-state index is 14.7. The number of H-pyrrole nitrogens is 1. The van der Waals surface area contributed by atoms with Gasteiger partial charge in [-0.2, -0.15) is 5.10 Å². The molecule has 1 aliphatic carbocycles. The van der Waals surface area contributed by atoms with Gasteiger partial charge in [0.2, 0.25) is 5.88 Å². The normalized spacial score (nSPS) is 12.9. The van der Waals surface area contributed by atoms with Crippen LogP contribution in [-0.4, -0.2) is 20.2 Å². The number of nitrogens with one attached hydrogen (secondary N) is 2. The van der Waals surface area contributed by atoms with E-state index in [0.717, 1.165) is 23.3 Å². The standard InChI is InChI=1S/C20H18FN5O/c1-3-4-14-9-18(26-25-14)24-17-10-19(23-11-22-17)27-16-6-5-13-7-12(2)8-15(13)20(16)21/h3-6,8-11H,7H2,1-2H3,(H2,22,23,24,25,26)/b4-3+. The molecule has 4 rings (SSSR count). The van der Waals surface area contributed by atoms with Crippen molar-refractivity contribution in [2.75, 3.05) is 5.32 Å². The minimum atomic E-state index is -0.374. The van der Waals surface area contributed by atoms with Crippen molar-refractivity contribution in [2.24, 2.45) is 0 Å². The van der Waals surface area contributed by atoms with Gasteiger partial charge < -0.3 is 10.1 Å². The Morgan fingerprint density at radius 1 is 1.22 bits per heavy atom. The van der Waals surface area contributed by atoms with Crippen molar-refractivity contribution in [3.63, 3.8) is 0 Å². The van der Waals surface area contributed by atoms with Gasteiger partial charge in [0.05, 0.1) is 5.69 Å². The number of rotatable bonds is 5. The summed E-state index contributed by atoms with van der Waals surface area (Å²) in [6.45, 7) is 3.91. The van der Waals surface area contributed by atoms with Crippen LogP contribution in [0.25, 0.3) is 12.2 Å². The first-order chi connectivity index (χ1) is 13.1. The molecule has 6 nitrogen and oxygen atoms in total. The number of benzene rings is 1. The zero-order chi connectivity index (χ0) is 18.8. The van der Waals surface area contributed by atoms with E-state index in [1.165, 1.54) is 6.33 Å². The molecule has 0 radical (unpaired) electrons. The third-order valence-electron chi connectivity index (χ3n) is 4.15. The second kappa shape index (κ2) is 7.03. The number of aromatic amines is 1. The second-order valence-corrected chi connectivity index (χ2v) is 6.30. The van der Waals surface area contributed by atoms with Gasteiger partial charge >= 0.3 is 0 Å². The van der Waals surface area contributed by atoms with Crippen LogP contribution in [0.5, 0.6) is 11.6 Å². The second-order valence-electron chi connectivity index (χ2n) is 6.30. The van der Waals surface area contributed by atoms with Crippen molar-refractivity contribution in [3.05, 3.63) is 64.9 Å². The average Bonchev–Trinajstić information content (AvgIpc) is 3.24. The Hall–Kier alpha value is -3.48. The Kier molecular flexibility index (Phi) is 4.42. The van der Waals surface area contributed by atoms with E-state index in [0.29, 0.717) is 17.2 Å². The zero-order valence-electron chi connectivity index (χ0n) is 15.0. The maximum atomic E-state index is 14.7. The van der Waals surface area contributed by atoms with Crippen LogP contribution >= 0.6 is 0 Å². The minimum Gasteiger partial charge on any atom is -0.436 e. The van der Waals surface area contributed by atoms with E-state index in [1.54, 1.807) is 12.1 Å². The summed E-state index contributed by atoms with van der Waals surface area (Å²) in [5.41, 5.74) is 3.56. The molecule has 0 atom stereocenters. The third-order valence-corrected chi connectivity index (χ3v) is 4.15. The highest BCUT2D eigenvalue weighted by atomic mass is 19.1. The van der Waals surface area contributed by atoms with Crippen LogP contribution in [0.2, 0.25) is 0 Å². The van der Waals surface area contributed by atoms with Crippen LogP contribution < -0.4 is 10.1 Å². The lowest BCUT2D eigenvalue weighted by Crippen LogP contribution is -1.98. The number of fused-ring (bicyclic) bond motifs is 1. The van der Waals surface area contributed by atoms with E-state index in [-0.39, 0.29) is 17.4 Å². The summed E-state index contributed by atoms with van der Waals surface area (Å²) in [7, 11) is 0. The molecule has 0 spiro atoms. The average molecular weight is 363 g/mol. The van der Waals surface area contributed by atoms with Crippen molar-refractivity contribution >= 4 is 23.8 Å². The third kappa shape index (κ3) is 3.57. The molecule has 0 fully saturated rings. The lowest BCUT2D eigenvalue weighted by atomic mass is 10.1. The van der Waals surface area contributed by atoms with E-state index in [4.69, 9.17) is 4.74 Å². The predicted molar refractivity (Wildman–Crippen MR) is 102 cm³/mol. The van der Waals surface area contributed by atoms with Gasteiger partial charge in [0.25, 0.3) is 0 Å². The molecule has 2 N–H and O–H groups in total. The molecule has 136 valence electrons.